The van der Waals surface area contributed by atoms with E-state index in [2.05, 4.69) is 11.9 Å². The Hall–Kier alpha value is -1.69. The molecule has 1 spiro atoms. The van der Waals surface area contributed by atoms with Crippen molar-refractivity contribution in [3.05, 3.63) is 47.2 Å². The fourth-order valence-electron chi connectivity index (χ4n) is 3.99. The smallest absolute Gasteiger partial charge is 0.270 e. The molecule has 0 aliphatic carbocycles. The summed E-state index contributed by atoms with van der Waals surface area (Å²) >= 11 is 0. The summed E-state index contributed by atoms with van der Waals surface area (Å²) in [6, 6.07) is 9.81. The SMILES string of the molecule is CC(=O)C1=C(C)O[C@@]2(c3ccccc3)OC3(CCN(C)CC3)O[C@@H]12. The number of likely N-dealkylation sites (tertiary alicyclic amines) is 1. The highest BCUT2D eigenvalue weighted by atomic mass is 16.8. The first-order chi connectivity index (χ1) is 11.5. The predicted molar refractivity (Wildman–Crippen MR) is 88.0 cm³/mol. The Morgan fingerprint density at radius 3 is 2.50 bits per heavy atom. The highest BCUT2D eigenvalue weighted by Crippen LogP contribution is 2.55. The van der Waals surface area contributed by atoms with E-state index in [4.69, 9.17) is 14.2 Å². The van der Waals surface area contributed by atoms with Gasteiger partial charge in [-0.3, -0.25) is 4.79 Å². The standard InChI is InChI=1S/C19H23NO4/c1-13(21)16-14(2)22-19(15-7-5-4-6-8-15)17(16)23-18(24-19)9-11-20(3)12-10-18/h4-8,17H,9-12H2,1-3H3/t17-,19-/m0/s1. The predicted octanol–water partition coefficient (Wildman–Crippen LogP) is 2.57. The van der Waals surface area contributed by atoms with E-state index in [1.54, 1.807) is 6.92 Å². The third-order valence-electron chi connectivity index (χ3n) is 5.27. The number of carbonyl (C=O) groups is 1. The molecule has 0 amide bonds. The molecule has 128 valence electrons. The Morgan fingerprint density at radius 1 is 1.21 bits per heavy atom. The molecule has 1 aromatic rings. The fourth-order valence-corrected chi connectivity index (χ4v) is 3.99. The van der Waals surface area contributed by atoms with Crippen molar-refractivity contribution in [2.24, 2.45) is 0 Å². The van der Waals surface area contributed by atoms with Gasteiger partial charge in [0, 0.05) is 31.5 Å². The summed E-state index contributed by atoms with van der Waals surface area (Å²) in [6.07, 6.45) is 1.02. The fraction of sp³-hybridized carbons (Fsp3) is 0.526. The minimum Gasteiger partial charge on any atom is -0.459 e. The van der Waals surface area contributed by atoms with Crippen molar-refractivity contribution < 1.29 is 19.0 Å². The second-order valence-electron chi connectivity index (χ2n) is 6.98. The van der Waals surface area contributed by atoms with Crippen molar-refractivity contribution in [2.75, 3.05) is 20.1 Å². The first-order valence-corrected chi connectivity index (χ1v) is 8.49. The van der Waals surface area contributed by atoms with E-state index in [1.165, 1.54) is 0 Å². The van der Waals surface area contributed by atoms with Crippen LogP contribution in [0.4, 0.5) is 0 Å². The van der Waals surface area contributed by atoms with Crippen LogP contribution in [-0.2, 0) is 24.8 Å². The zero-order chi connectivity index (χ0) is 16.9. The Balaban J connectivity index is 1.77. The van der Waals surface area contributed by atoms with Crippen LogP contribution in [0.15, 0.2) is 41.7 Å². The van der Waals surface area contributed by atoms with Crippen LogP contribution in [0.25, 0.3) is 0 Å². The van der Waals surface area contributed by atoms with Gasteiger partial charge in [0.1, 0.15) is 5.76 Å². The third-order valence-corrected chi connectivity index (χ3v) is 5.27. The van der Waals surface area contributed by atoms with Crippen LogP contribution < -0.4 is 0 Å². The number of allylic oxidation sites excluding steroid dienone is 1. The van der Waals surface area contributed by atoms with Gasteiger partial charge in [0.15, 0.2) is 17.7 Å². The zero-order valence-corrected chi connectivity index (χ0v) is 14.4. The van der Waals surface area contributed by atoms with Gasteiger partial charge in [-0.15, -0.1) is 0 Å². The Labute approximate surface area is 142 Å². The minimum atomic E-state index is -1.05. The number of carbonyl (C=O) groups excluding carboxylic acids is 1. The molecule has 3 aliphatic heterocycles. The molecule has 3 aliphatic rings. The molecule has 0 radical (unpaired) electrons. The number of Topliss-reactive ketones (excluding diaryl/α,β-unsaturated/α-hetero) is 1. The van der Waals surface area contributed by atoms with Crippen LogP contribution in [0.3, 0.4) is 0 Å². The molecular weight excluding hydrogens is 306 g/mol. The Bertz CT molecular complexity index is 691. The summed E-state index contributed by atoms with van der Waals surface area (Å²) in [5, 5.41) is 0. The molecule has 5 nitrogen and oxygen atoms in total. The molecule has 3 heterocycles. The van der Waals surface area contributed by atoms with Gasteiger partial charge in [0.25, 0.3) is 5.79 Å². The largest absolute Gasteiger partial charge is 0.459 e. The molecule has 0 bridgehead atoms. The summed E-state index contributed by atoms with van der Waals surface area (Å²) in [6.45, 7) is 5.17. The van der Waals surface area contributed by atoms with Crippen LogP contribution >= 0.6 is 0 Å². The molecule has 4 rings (SSSR count). The molecule has 0 aromatic heterocycles. The lowest BCUT2D eigenvalue weighted by molar-refractivity contribution is -0.269. The lowest BCUT2D eigenvalue weighted by Gasteiger charge is -2.37. The summed E-state index contributed by atoms with van der Waals surface area (Å²) in [7, 11) is 2.09. The van der Waals surface area contributed by atoms with E-state index in [-0.39, 0.29) is 5.78 Å². The Morgan fingerprint density at radius 2 is 1.88 bits per heavy atom. The highest BCUT2D eigenvalue weighted by Gasteiger charge is 2.65. The van der Waals surface area contributed by atoms with Crippen molar-refractivity contribution in [3.8, 4) is 0 Å². The number of hydrogen-bond donors (Lipinski definition) is 0. The molecule has 5 heteroatoms. The van der Waals surface area contributed by atoms with Gasteiger partial charge < -0.3 is 19.1 Å². The molecule has 0 saturated carbocycles. The van der Waals surface area contributed by atoms with Crippen molar-refractivity contribution in [1.29, 1.82) is 0 Å². The van der Waals surface area contributed by atoms with E-state index in [9.17, 15) is 4.79 Å². The molecule has 0 unspecified atom stereocenters. The second kappa shape index (κ2) is 5.41. The number of nitrogens with zero attached hydrogens (tertiary/aromatic N) is 1. The lowest BCUT2D eigenvalue weighted by atomic mass is 9.95. The highest BCUT2D eigenvalue weighted by molar-refractivity contribution is 5.95. The number of hydrogen-bond acceptors (Lipinski definition) is 5. The van der Waals surface area contributed by atoms with Crippen LogP contribution in [0.1, 0.15) is 32.3 Å². The van der Waals surface area contributed by atoms with Gasteiger partial charge in [-0.1, -0.05) is 30.3 Å². The quantitative estimate of drug-likeness (QED) is 0.834. The molecule has 0 N–H and O–H groups in total. The third kappa shape index (κ3) is 2.23. The maximum Gasteiger partial charge on any atom is 0.270 e. The van der Waals surface area contributed by atoms with Crippen molar-refractivity contribution in [3.63, 3.8) is 0 Å². The second-order valence-corrected chi connectivity index (χ2v) is 6.98. The number of ether oxygens (including phenoxy) is 3. The number of rotatable bonds is 2. The van der Waals surface area contributed by atoms with Gasteiger partial charge in [-0.25, -0.2) is 0 Å². The van der Waals surface area contributed by atoms with Crippen molar-refractivity contribution >= 4 is 5.78 Å². The van der Waals surface area contributed by atoms with Crippen LogP contribution in [0, 0.1) is 0 Å². The van der Waals surface area contributed by atoms with Crippen molar-refractivity contribution in [1.82, 2.24) is 4.90 Å². The number of piperidine rings is 1. The molecule has 24 heavy (non-hydrogen) atoms. The zero-order valence-electron chi connectivity index (χ0n) is 14.4. The van der Waals surface area contributed by atoms with Gasteiger partial charge >= 0.3 is 0 Å². The molecule has 2 fully saturated rings. The van der Waals surface area contributed by atoms with E-state index in [0.717, 1.165) is 31.5 Å². The summed E-state index contributed by atoms with van der Waals surface area (Å²) < 4.78 is 19.1. The molecule has 2 saturated heterocycles. The first kappa shape index (κ1) is 15.8. The van der Waals surface area contributed by atoms with Crippen LogP contribution in [-0.4, -0.2) is 42.7 Å². The van der Waals surface area contributed by atoms with Gasteiger partial charge in [-0.2, -0.15) is 0 Å². The van der Waals surface area contributed by atoms with E-state index >= 15 is 0 Å². The maximum absolute atomic E-state index is 12.2. The van der Waals surface area contributed by atoms with Crippen molar-refractivity contribution in [2.45, 2.75) is 44.4 Å². The molecule has 2 atom stereocenters. The lowest BCUT2D eigenvalue weighted by Crippen LogP contribution is -2.45. The molecule has 1 aromatic carbocycles. The number of benzene rings is 1. The monoisotopic (exact) mass is 329 g/mol. The van der Waals surface area contributed by atoms with Gasteiger partial charge in [0.2, 0.25) is 0 Å². The van der Waals surface area contributed by atoms with E-state index < -0.39 is 17.7 Å². The average molecular weight is 329 g/mol. The topological polar surface area (TPSA) is 48.0 Å². The van der Waals surface area contributed by atoms with E-state index in [1.807, 2.05) is 37.3 Å². The van der Waals surface area contributed by atoms with Gasteiger partial charge in [0.05, 0.1) is 5.57 Å². The maximum atomic E-state index is 12.2. The number of ketones is 1. The molecular formula is C19H23NO4. The average Bonchev–Trinajstić information content (AvgIpc) is 3.00. The van der Waals surface area contributed by atoms with Crippen LogP contribution in [0.5, 0.6) is 0 Å². The normalized spacial score (nSPS) is 32.0. The number of fused-ring (bicyclic) bond motifs is 1. The minimum absolute atomic E-state index is 0.0242. The van der Waals surface area contributed by atoms with Gasteiger partial charge in [-0.05, 0) is 20.9 Å². The first-order valence-electron chi connectivity index (χ1n) is 8.49. The summed E-state index contributed by atoms with van der Waals surface area (Å²) in [5.41, 5.74) is 1.48. The summed E-state index contributed by atoms with van der Waals surface area (Å²) in [5.74, 6) is -1.17. The van der Waals surface area contributed by atoms with E-state index in [0.29, 0.717) is 11.3 Å². The summed E-state index contributed by atoms with van der Waals surface area (Å²) in [4.78, 5) is 14.5. The van der Waals surface area contributed by atoms with Crippen LogP contribution in [0.2, 0.25) is 0 Å². The Kier molecular flexibility index (Phi) is 3.56.